The summed E-state index contributed by atoms with van der Waals surface area (Å²) in [5.41, 5.74) is 5.26. The number of hydrogen-bond acceptors (Lipinski definition) is 3. The molecule has 0 spiro atoms. The predicted octanol–water partition coefficient (Wildman–Crippen LogP) is 4.05. The van der Waals surface area contributed by atoms with Crippen LogP contribution in [0, 0.1) is 6.92 Å². The van der Waals surface area contributed by atoms with Crippen LogP contribution in [0.15, 0.2) is 48.0 Å². The van der Waals surface area contributed by atoms with Crippen molar-refractivity contribution in [2.24, 2.45) is 0 Å². The van der Waals surface area contributed by atoms with Crippen molar-refractivity contribution in [1.29, 1.82) is 0 Å². The van der Waals surface area contributed by atoms with E-state index in [1.165, 1.54) is 27.4 Å². The third kappa shape index (κ3) is 2.07. The second-order valence-electron chi connectivity index (χ2n) is 5.60. The van der Waals surface area contributed by atoms with E-state index in [9.17, 15) is 0 Å². The number of nitrogens with one attached hydrogen (secondary N) is 1. The molecule has 1 N–H and O–H groups in total. The quantitative estimate of drug-likeness (QED) is 0.773. The van der Waals surface area contributed by atoms with Crippen LogP contribution in [0.4, 0.5) is 0 Å². The van der Waals surface area contributed by atoms with Gasteiger partial charge in [0.15, 0.2) is 0 Å². The zero-order chi connectivity index (χ0) is 15.1. The van der Waals surface area contributed by atoms with Gasteiger partial charge in [0.05, 0.1) is 13.2 Å². The van der Waals surface area contributed by atoms with Gasteiger partial charge in [0.1, 0.15) is 10.8 Å². The molecule has 1 unspecified atom stereocenters. The molecule has 0 saturated carbocycles. The van der Waals surface area contributed by atoms with Crippen molar-refractivity contribution in [3.63, 3.8) is 0 Å². The van der Waals surface area contributed by atoms with Crippen LogP contribution in [0.3, 0.4) is 0 Å². The van der Waals surface area contributed by atoms with Crippen LogP contribution in [0.5, 0.6) is 5.75 Å². The third-order valence-electron chi connectivity index (χ3n) is 4.29. The van der Waals surface area contributed by atoms with E-state index in [-0.39, 0.29) is 6.04 Å². The van der Waals surface area contributed by atoms with Crippen LogP contribution in [0.2, 0.25) is 0 Å². The van der Waals surface area contributed by atoms with Gasteiger partial charge in [-0.1, -0.05) is 12.1 Å². The molecule has 22 heavy (non-hydrogen) atoms. The highest BCUT2D eigenvalue weighted by molar-refractivity contribution is 7.12. The van der Waals surface area contributed by atoms with Gasteiger partial charge in [-0.25, -0.2) is 0 Å². The summed E-state index contributed by atoms with van der Waals surface area (Å²) >= 11 is 1.82. The first-order chi connectivity index (χ1) is 10.8. The number of ether oxygens (including phenoxy) is 1. The van der Waals surface area contributed by atoms with Crippen LogP contribution in [-0.4, -0.2) is 11.7 Å². The molecule has 112 valence electrons. The molecule has 0 bridgehead atoms. The van der Waals surface area contributed by atoms with Crippen molar-refractivity contribution in [1.82, 2.24) is 9.88 Å². The minimum Gasteiger partial charge on any atom is -0.497 e. The Kier molecular flexibility index (Phi) is 3.28. The van der Waals surface area contributed by atoms with Crippen molar-refractivity contribution in [3.05, 3.63) is 70.4 Å². The fourth-order valence-electron chi connectivity index (χ4n) is 3.11. The minimum atomic E-state index is 0.170. The molecule has 4 rings (SSSR count). The van der Waals surface area contributed by atoms with E-state index < -0.39 is 0 Å². The van der Waals surface area contributed by atoms with Crippen LogP contribution in [-0.2, 0) is 6.54 Å². The highest BCUT2D eigenvalue weighted by Crippen LogP contribution is 2.35. The van der Waals surface area contributed by atoms with E-state index in [0.29, 0.717) is 0 Å². The number of aryl methyl sites for hydroxylation is 1. The first kappa shape index (κ1) is 13.6. The number of fused-ring (bicyclic) bond motifs is 3. The van der Waals surface area contributed by atoms with Crippen LogP contribution < -0.4 is 10.1 Å². The van der Waals surface area contributed by atoms with Gasteiger partial charge < -0.3 is 14.6 Å². The first-order valence-electron chi connectivity index (χ1n) is 7.40. The summed E-state index contributed by atoms with van der Waals surface area (Å²) in [6.45, 7) is 3.07. The van der Waals surface area contributed by atoms with Gasteiger partial charge in [0, 0.05) is 24.0 Å². The molecular weight excluding hydrogens is 292 g/mol. The first-order valence-corrected chi connectivity index (χ1v) is 8.28. The van der Waals surface area contributed by atoms with E-state index in [0.717, 1.165) is 12.3 Å². The molecule has 3 heterocycles. The summed E-state index contributed by atoms with van der Waals surface area (Å²) in [5, 5.41) is 7.27. The second kappa shape index (κ2) is 5.30. The Bertz CT molecular complexity index is 818. The minimum absolute atomic E-state index is 0.170. The van der Waals surface area contributed by atoms with Crippen LogP contribution >= 0.6 is 11.3 Å². The summed E-state index contributed by atoms with van der Waals surface area (Å²) in [6.07, 6.45) is 2.16. The summed E-state index contributed by atoms with van der Waals surface area (Å²) in [5.74, 6) is 0.896. The molecular formula is C18H18N2OS. The van der Waals surface area contributed by atoms with Gasteiger partial charge in [-0.15, -0.1) is 11.3 Å². The zero-order valence-corrected chi connectivity index (χ0v) is 13.5. The highest BCUT2D eigenvalue weighted by Gasteiger charge is 2.24. The van der Waals surface area contributed by atoms with Gasteiger partial charge in [-0.3, -0.25) is 0 Å². The van der Waals surface area contributed by atoms with E-state index in [2.05, 4.69) is 58.7 Å². The fraction of sp³-hybridized carbons (Fsp3) is 0.222. The topological polar surface area (TPSA) is 26.2 Å². The monoisotopic (exact) mass is 310 g/mol. The number of rotatable bonds is 2. The fourth-order valence-corrected chi connectivity index (χ4v) is 4.19. The maximum Gasteiger partial charge on any atom is 0.119 e. The molecule has 3 nitrogen and oxygen atoms in total. The van der Waals surface area contributed by atoms with Crippen molar-refractivity contribution >= 4 is 11.3 Å². The van der Waals surface area contributed by atoms with Gasteiger partial charge in [-0.05, 0) is 47.7 Å². The second-order valence-corrected chi connectivity index (χ2v) is 6.45. The average molecular weight is 310 g/mol. The van der Waals surface area contributed by atoms with Crippen molar-refractivity contribution in [2.75, 3.05) is 7.11 Å². The lowest BCUT2D eigenvalue weighted by atomic mass is 10.0. The molecule has 0 radical (unpaired) electrons. The Hall–Kier alpha value is -2.04. The van der Waals surface area contributed by atoms with Crippen molar-refractivity contribution in [2.45, 2.75) is 19.5 Å². The molecule has 1 aromatic carbocycles. The van der Waals surface area contributed by atoms with Crippen molar-refractivity contribution < 1.29 is 4.74 Å². The Morgan fingerprint density at radius 3 is 3.05 bits per heavy atom. The molecule has 1 aliphatic rings. The van der Waals surface area contributed by atoms with Crippen LogP contribution in [0.25, 0.3) is 5.00 Å². The number of hydrogen-bond donors (Lipinski definition) is 1. The molecule has 1 aliphatic heterocycles. The zero-order valence-electron chi connectivity index (χ0n) is 12.7. The molecule has 0 aliphatic carbocycles. The predicted molar refractivity (Wildman–Crippen MR) is 90.1 cm³/mol. The summed E-state index contributed by atoms with van der Waals surface area (Å²) < 4.78 is 7.70. The van der Waals surface area contributed by atoms with Gasteiger partial charge in [-0.2, -0.15) is 0 Å². The summed E-state index contributed by atoms with van der Waals surface area (Å²) in [4.78, 5) is 0. The van der Waals surface area contributed by atoms with Gasteiger partial charge in [0.2, 0.25) is 0 Å². The molecule has 3 aromatic rings. The molecule has 0 amide bonds. The Balaban J connectivity index is 1.84. The maximum absolute atomic E-state index is 5.38. The number of methoxy groups -OCH3 is 1. The van der Waals surface area contributed by atoms with Gasteiger partial charge in [0.25, 0.3) is 0 Å². The molecule has 2 aromatic heterocycles. The lowest BCUT2D eigenvalue weighted by Crippen LogP contribution is -2.21. The Morgan fingerprint density at radius 2 is 2.18 bits per heavy atom. The van der Waals surface area contributed by atoms with E-state index in [1.807, 2.05) is 17.4 Å². The normalized spacial score (nSPS) is 16.7. The highest BCUT2D eigenvalue weighted by atomic mass is 32.1. The standard InChI is InChI=1S/C18H18N2OS/c1-12-11-22-18-15(12)10-19-17(16-7-4-8-20(16)18)13-5-3-6-14(9-13)21-2/h3-9,11,17,19H,10H2,1-2H3. The smallest absolute Gasteiger partial charge is 0.119 e. The van der Waals surface area contributed by atoms with Crippen molar-refractivity contribution in [3.8, 4) is 10.8 Å². The molecule has 0 fully saturated rings. The summed E-state index contributed by atoms with van der Waals surface area (Å²) in [7, 11) is 1.71. The van der Waals surface area contributed by atoms with Gasteiger partial charge >= 0.3 is 0 Å². The lowest BCUT2D eigenvalue weighted by molar-refractivity contribution is 0.413. The molecule has 4 heteroatoms. The van der Waals surface area contributed by atoms with E-state index >= 15 is 0 Å². The SMILES string of the molecule is COc1cccc(C2NCc3c(C)csc3-n3cccc32)c1. The number of nitrogens with zero attached hydrogens (tertiary/aromatic N) is 1. The van der Waals surface area contributed by atoms with Crippen LogP contribution in [0.1, 0.15) is 28.4 Å². The summed E-state index contributed by atoms with van der Waals surface area (Å²) in [6, 6.07) is 12.8. The maximum atomic E-state index is 5.38. The Labute approximate surface area is 134 Å². The Morgan fingerprint density at radius 1 is 1.27 bits per heavy atom. The van der Waals surface area contributed by atoms with E-state index in [1.54, 1.807) is 7.11 Å². The number of aromatic nitrogens is 1. The largest absolute Gasteiger partial charge is 0.497 e. The molecule has 0 saturated heterocycles. The number of benzene rings is 1. The third-order valence-corrected chi connectivity index (χ3v) is 5.42. The average Bonchev–Trinajstić information content (AvgIpc) is 3.12. The molecule has 1 atom stereocenters. The lowest BCUT2D eigenvalue weighted by Gasteiger charge is -2.18. The van der Waals surface area contributed by atoms with E-state index in [4.69, 9.17) is 4.74 Å². The number of thiophene rings is 1.